The molecule has 0 aliphatic carbocycles. The molecular weight excluding hydrogens is 422 g/mol. The topological polar surface area (TPSA) is 77.6 Å². The summed E-state index contributed by atoms with van der Waals surface area (Å²) in [7, 11) is -2.66. The average Bonchev–Trinajstić information content (AvgIpc) is 3.01. The van der Waals surface area contributed by atoms with Gasteiger partial charge in [0.1, 0.15) is 12.4 Å². The predicted octanol–water partition coefficient (Wildman–Crippen LogP) is 3.59. The molecule has 4 rings (SSSR count). The highest BCUT2D eigenvalue weighted by molar-refractivity contribution is 7.86. The third kappa shape index (κ3) is 4.04. The Labute approximate surface area is 179 Å². The third-order valence-corrected chi connectivity index (χ3v) is 6.56. The molecule has 2 aromatic carbocycles. The van der Waals surface area contributed by atoms with E-state index in [0.717, 1.165) is 32.1 Å². The average molecular weight is 442 g/mol. The number of rotatable bonds is 5. The van der Waals surface area contributed by atoms with Crippen LogP contribution in [0.15, 0.2) is 40.8 Å². The number of amides is 1. The summed E-state index contributed by atoms with van der Waals surface area (Å²) >= 11 is 0. The van der Waals surface area contributed by atoms with Gasteiger partial charge in [0.05, 0.1) is 5.56 Å². The lowest BCUT2D eigenvalue weighted by Gasteiger charge is -2.15. The second-order valence-corrected chi connectivity index (χ2v) is 9.01. The Hall–Kier alpha value is -3.22. The van der Waals surface area contributed by atoms with Crippen molar-refractivity contribution in [2.45, 2.75) is 13.0 Å². The summed E-state index contributed by atoms with van der Waals surface area (Å²) in [4.78, 5) is 15.6. The number of hydrogen-bond acceptors (Lipinski definition) is 3. The summed E-state index contributed by atoms with van der Waals surface area (Å²) in [5.41, 5.74) is 4.20. The maximum absolute atomic E-state index is 14.2. The Kier molecular flexibility index (Phi) is 5.52. The Morgan fingerprint density at radius 2 is 2.03 bits per heavy atom. The molecule has 9 heteroatoms. The van der Waals surface area contributed by atoms with Crippen molar-refractivity contribution in [3.8, 4) is 23.6 Å². The van der Waals surface area contributed by atoms with Crippen LogP contribution in [-0.2, 0) is 23.3 Å². The molecule has 1 amide bonds. The van der Waals surface area contributed by atoms with E-state index >= 15 is 0 Å². The molecule has 0 radical (unpaired) electrons. The van der Waals surface area contributed by atoms with Gasteiger partial charge in [-0.15, -0.1) is 10.3 Å². The normalized spacial score (nSPS) is 15.3. The van der Waals surface area contributed by atoms with Gasteiger partial charge in [0.25, 0.3) is 16.2 Å². The Morgan fingerprint density at radius 1 is 1.29 bits per heavy atom. The highest BCUT2D eigenvalue weighted by Crippen LogP contribution is 2.34. The highest BCUT2D eigenvalue weighted by Gasteiger charge is 2.23. The van der Waals surface area contributed by atoms with Gasteiger partial charge in [-0.3, -0.25) is 4.79 Å². The zero-order valence-corrected chi connectivity index (χ0v) is 17.6. The molecule has 1 aromatic heterocycles. The smallest absolute Gasteiger partial charge is 0.271 e. The van der Waals surface area contributed by atoms with Crippen LogP contribution in [0.25, 0.3) is 22.2 Å². The zero-order chi connectivity index (χ0) is 22.2. The Morgan fingerprint density at radius 3 is 2.74 bits per heavy atom. The fourth-order valence-corrected chi connectivity index (χ4v) is 4.51. The molecule has 3 aromatic rings. The van der Waals surface area contributed by atoms with Gasteiger partial charge in [0, 0.05) is 36.7 Å². The molecule has 1 atom stereocenters. The molecular formula is C22H20F2N4O2S. The monoisotopic (exact) mass is 442 g/mol. The van der Waals surface area contributed by atoms with Crippen LogP contribution in [0.1, 0.15) is 21.5 Å². The van der Waals surface area contributed by atoms with Crippen LogP contribution in [-0.4, -0.2) is 39.5 Å². The van der Waals surface area contributed by atoms with E-state index in [1.165, 1.54) is 19.2 Å². The van der Waals surface area contributed by atoms with Crippen LogP contribution in [0.4, 0.5) is 8.28 Å². The summed E-state index contributed by atoms with van der Waals surface area (Å²) in [5.74, 6) is 1.37. The number of H-pyrrole nitrogens is 1. The molecule has 0 bridgehead atoms. The number of nitrogens with one attached hydrogen (secondary N) is 2. The molecule has 2 heterocycles. The SMILES string of the molecule is C#CCN=S(=O)(F)N(C)Cc1ccc(-c2[nH]c3cc(F)cc4c3c2CCNC4=O)cc1. The molecule has 0 spiro atoms. The fraction of sp³-hybridized carbons (Fsp3) is 0.227. The highest BCUT2D eigenvalue weighted by atomic mass is 32.3. The molecule has 2 N–H and O–H groups in total. The molecule has 0 fully saturated rings. The van der Waals surface area contributed by atoms with Gasteiger partial charge in [-0.05, 0) is 35.2 Å². The zero-order valence-electron chi connectivity index (χ0n) is 16.7. The molecule has 1 aliphatic rings. The molecule has 160 valence electrons. The van der Waals surface area contributed by atoms with Crippen LogP contribution < -0.4 is 5.32 Å². The van der Waals surface area contributed by atoms with E-state index in [2.05, 4.69) is 20.6 Å². The minimum absolute atomic E-state index is 0.0804. The van der Waals surface area contributed by atoms with E-state index < -0.39 is 16.1 Å². The van der Waals surface area contributed by atoms with E-state index in [1.54, 1.807) is 12.1 Å². The lowest BCUT2D eigenvalue weighted by Crippen LogP contribution is -2.23. The van der Waals surface area contributed by atoms with Gasteiger partial charge in [-0.2, -0.15) is 12.9 Å². The second-order valence-electron chi connectivity index (χ2n) is 7.27. The largest absolute Gasteiger partial charge is 0.354 e. The van der Waals surface area contributed by atoms with Crippen LogP contribution >= 0.6 is 0 Å². The van der Waals surface area contributed by atoms with Gasteiger partial charge in [-0.25, -0.2) is 4.39 Å². The number of benzene rings is 2. The number of carbonyl (C=O) groups is 1. The standard InChI is InChI=1S/C22H20F2N4O2S/c1-3-9-26-31(24,30)28(2)13-14-4-6-15(7-5-14)21-17-8-10-25-22(29)18-11-16(23)12-19(27-21)20(17)18/h1,4-7,11-12,27H,8-10,13H2,2H3,(H,25,29). The van der Waals surface area contributed by atoms with Crippen molar-refractivity contribution in [3.05, 3.63) is 58.9 Å². The Bertz CT molecular complexity index is 1330. The minimum Gasteiger partial charge on any atom is -0.354 e. The van der Waals surface area contributed by atoms with Gasteiger partial charge in [-0.1, -0.05) is 30.2 Å². The number of terminal acetylenes is 1. The van der Waals surface area contributed by atoms with Crippen molar-refractivity contribution < 1.29 is 17.3 Å². The van der Waals surface area contributed by atoms with E-state index in [0.29, 0.717) is 24.0 Å². The first-order valence-corrected chi connectivity index (χ1v) is 11.0. The maximum Gasteiger partial charge on any atom is 0.271 e. The van der Waals surface area contributed by atoms with Crippen molar-refractivity contribution in [3.63, 3.8) is 0 Å². The van der Waals surface area contributed by atoms with E-state index in [1.807, 2.05) is 12.1 Å². The van der Waals surface area contributed by atoms with Crippen molar-refractivity contribution in [1.82, 2.24) is 14.6 Å². The summed E-state index contributed by atoms with van der Waals surface area (Å²) in [6.45, 7) is 0.267. The third-order valence-electron chi connectivity index (χ3n) is 5.22. The molecule has 1 unspecified atom stereocenters. The van der Waals surface area contributed by atoms with Crippen molar-refractivity contribution in [2.75, 3.05) is 20.1 Å². The summed E-state index contributed by atoms with van der Waals surface area (Å²) < 4.78 is 44.6. The number of aromatic nitrogens is 1. The molecule has 0 saturated carbocycles. The van der Waals surface area contributed by atoms with Crippen LogP contribution in [0, 0.1) is 18.2 Å². The maximum atomic E-state index is 14.2. The summed E-state index contributed by atoms with van der Waals surface area (Å²) in [6, 6.07) is 9.91. The minimum atomic E-state index is -4.04. The van der Waals surface area contributed by atoms with Crippen molar-refractivity contribution in [1.29, 1.82) is 0 Å². The van der Waals surface area contributed by atoms with Crippen molar-refractivity contribution >= 4 is 27.1 Å². The molecule has 6 nitrogen and oxygen atoms in total. The van der Waals surface area contributed by atoms with E-state index in [4.69, 9.17) is 6.42 Å². The van der Waals surface area contributed by atoms with E-state index in [-0.39, 0.29) is 19.0 Å². The molecule has 31 heavy (non-hydrogen) atoms. The number of hydrogen-bond donors (Lipinski definition) is 2. The second kappa shape index (κ2) is 8.13. The molecule has 0 saturated heterocycles. The number of nitrogens with zero attached hydrogens (tertiary/aromatic N) is 2. The van der Waals surface area contributed by atoms with Crippen LogP contribution in [0.2, 0.25) is 0 Å². The first-order chi connectivity index (χ1) is 14.8. The van der Waals surface area contributed by atoms with Gasteiger partial charge in [0.2, 0.25) is 0 Å². The number of aromatic amines is 1. The number of halogens is 2. The van der Waals surface area contributed by atoms with E-state index in [9.17, 15) is 17.3 Å². The first kappa shape index (κ1) is 21.0. The number of carbonyl (C=O) groups excluding carboxylic acids is 1. The van der Waals surface area contributed by atoms with Gasteiger partial charge < -0.3 is 10.3 Å². The van der Waals surface area contributed by atoms with Gasteiger partial charge >= 0.3 is 0 Å². The van der Waals surface area contributed by atoms with Crippen LogP contribution in [0.5, 0.6) is 0 Å². The molecule has 1 aliphatic heterocycles. The summed E-state index contributed by atoms with van der Waals surface area (Å²) in [6.07, 6.45) is 5.65. The fourth-order valence-electron chi connectivity index (χ4n) is 3.77. The summed E-state index contributed by atoms with van der Waals surface area (Å²) in [5, 5.41) is 3.52. The van der Waals surface area contributed by atoms with Crippen molar-refractivity contribution in [2.24, 2.45) is 4.36 Å². The lowest BCUT2D eigenvalue weighted by atomic mass is 9.99. The predicted molar refractivity (Wildman–Crippen MR) is 117 cm³/mol. The quantitative estimate of drug-likeness (QED) is 0.468. The lowest BCUT2D eigenvalue weighted by molar-refractivity contribution is 0.0957. The Balaban J connectivity index is 1.68. The van der Waals surface area contributed by atoms with Crippen LogP contribution in [0.3, 0.4) is 0 Å². The van der Waals surface area contributed by atoms with Gasteiger partial charge in [0.15, 0.2) is 0 Å². The first-order valence-electron chi connectivity index (χ1n) is 9.59.